The Hall–Kier alpha value is -1.63. The molecule has 2 aliphatic heterocycles. The number of carbonyl (C=O) groups excluding carboxylic acids is 3. The molecule has 0 bridgehead atoms. The van der Waals surface area contributed by atoms with Crippen molar-refractivity contribution in [1.29, 1.82) is 0 Å². The molecule has 32 heavy (non-hydrogen) atoms. The van der Waals surface area contributed by atoms with Gasteiger partial charge in [0.15, 0.2) is 0 Å². The van der Waals surface area contributed by atoms with Gasteiger partial charge < -0.3 is 15.5 Å². The SMILES string of the molecule is CCC(C)(C)C1CCC2(CC1)NC(=O)N(CC(=O)NCCCCCN1CCCCC1)C2=O. The van der Waals surface area contributed by atoms with Gasteiger partial charge in [-0.25, -0.2) is 4.79 Å². The van der Waals surface area contributed by atoms with Crippen molar-refractivity contribution in [2.45, 2.75) is 96.9 Å². The number of hydrogen-bond acceptors (Lipinski definition) is 4. The Bertz CT molecular complexity index is 664. The van der Waals surface area contributed by atoms with Gasteiger partial charge in [0.2, 0.25) is 5.91 Å². The Kier molecular flexibility index (Phi) is 8.59. The predicted octanol–water partition coefficient (Wildman–Crippen LogP) is 3.68. The molecule has 0 aromatic carbocycles. The van der Waals surface area contributed by atoms with E-state index in [-0.39, 0.29) is 23.8 Å². The molecule has 2 N–H and O–H groups in total. The highest BCUT2D eigenvalue weighted by Crippen LogP contribution is 2.45. The van der Waals surface area contributed by atoms with Crippen LogP contribution in [0.15, 0.2) is 0 Å². The normalized spacial score (nSPS) is 27.1. The highest BCUT2D eigenvalue weighted by Gasteiger charge is 2.53. The molecule has 0 atom stereocenters. The first kappa shape index (κ1) is 25.0. The van der Waals surface area contributed by atoms with Gasteiger partial charge in [-0.05, 0) is 82.3 Å². The summed E-state index contributed by atoms with van der Waals surface area (Å²) in [5.74, 6) is 0.101. The lowest BCUT2D eigenvalue weighted by atomic mass is 9.65. The van der Waals surface area contributed by atoms with Crippen molar-refractivity contribution in [3.05, 3.63) is 0 Å². The first-order chi connectivity index (χ1) is 15.3. The summed E-state index contributed by atoms with van der Waals surface area (Å²) in [6.07, 6.45) is 11.5. The second kappa shape index (κ2) is 11.0. The highest BCUT2D eigenvalue weighted by molar-refractivity contribution is 6.09. The number of amides is 4. The molecule has 7 nitrogen and oxygen atoms in total. The minimum Gasteiger partial charge on any atom is -0.355 e. The van der Waals surface area contributed by atoms with Crippen molar-refractivity contribution < 1.29 is 14.4 Å². The lowest BCUT2D eigenvalue weighted by Gasteiger charge is -2.42. The zero-order valence-corrected chi connectivity index (χ0v) is 20.5. The molecule has 2 heterocycles. The van der Waals surface area contributed by atoms with Crippen molar-refractivity contribution in [2.75, 3.05) is 32.7 Å². The van der Waals surface area contributed by atoms with Crippen LogP contribution in [0.3, 0.4) is 0 Å². The van der Waals surface area contributed by atoms with E-state index in [9.17, 15) is 14.4 Å². The molecule has 182 valence electrons. The van der Waals surface area contributed by atoms with Gasteiger partial charge in [0.1, 0.15) is 12.1 Å². The smallest absolute Gasteiger partial charge is 0.325 e. The van der Waals surface area contributed by atoms with Crippen molar-refractivity contribution in [3.63, 3.8) is 0 Å². The van der Waals surface area contributed by atoms with Gasteiger partial charge in [-0.2, -0.15) is 0 Å². The standard InChI is InChI=1S/C25H44N4O3/c1-4-24(2,3)20-11-13-25(14-12-20)22(31)29(23(32)27-25)19-21(30)26-15-7-5-8-16-28-17-9-6-10-18-28/h20H,4-19H2,1-3H3,(H,26,30)(H,27,32). The fourth-order valence-corrected chi connectivity index (χ4v) is 5.59. The molecule has 1 spiro atoms. The maximum absolute atomic E-state index is 13.1. The first-order valence-corrected chi connectivity index (χ1v) is 12.9. The van der Waals surface area contributed by atoms with Crippen molar-refractivity contribution >= 4 is 17.8 Å². The van der Waals surface area contributed by atoms with E-state index in [0.29, 0.717) is 25.3 Å². The molecule has 0 aromatic heterocycles. The predicted molar refractivity (Wildman–Crippen MR) is 126 cm³/mol. The molecule has 1 saturated carbocycles. The maximum atomic E-state index is 13.1. The summed E-state index contributed by atoms with van der Waals surface area (Å²) >= 11 is 0. The maximum Gasteiger partial charge on any atom is 0.325 e. The van der Waals surface area contributed by atoms with Crippen LogP contribution in [-0.2, 0) is 9.59 Å². The topological polar surface area (TPSA) is 81.8 Å². The van der Waals surface area contributed by atoms with Crippen LogP contribution in [-0.4, -0.2) is 65.9 Å². The van der Waals surface area contributed by atoms with E-state index in [1.807, 2.05) is 0 Å². The quantitative estimate of drug-likeness (QED) is 0.395. The van der Waals surface area contributed by atoms with Crippen LogP contribution in [0.25, 0.3) is 0 Å². The highest BCUT2D eigenvalue weighted by atomic mass is 16.2. The van der Waals surface area contributed by atoms with Crippen LogP contribution in [0.1, 0.15) is 91.4 Å². The molecule has 0 aromatic rings. The minimum absolute atomic E-state index is 0.177. The molecule has 3 aliphatic rings. The second-order valence-corrected chi connectivity index (χ2v) is 10.8. The van der Waals surface area contributed by atoms with Crippen LogP contribution >= 0.6 is 0 Å². The molecule has 3 rings (SSSR count). The summed E-state index contributed by atoms with van der Waals surface area (Å²) < 4.78 is 0. The molecule has 0 radical (unpaired) electrons. The molecular formula is C25H44N4O3. The molecular weight excluding hydrogens is 404 g/mol. The van der Waals surface area contributed by atoms with E-state index < -0.39 is 11.6 Å². The molecule has 7 heteroatoms. The number of unbranched alkanes of at least 4 members (excludes halogenated alkanes) is 2. The van der Waals surface area contributed by atoms with E-state index in [4.69, 9.17) is 0 Å². The number of nitrogens with zero attached hydrogens (tertiary/aromatic N) is 2. The summed E-state index contributed by atoms with van der Waals surface area (Å²) in [5, 5.41) is 5.82. The number of rotatable bonds is 10. The molecule has 4 amide bonds. The molecule has 2 saturated heterocycles. The Morgan fingerprint density at radius 1 is 1.09 bits per heavy atom. The van der Waals surface area contributed by atoms with Crippen molar-refractivity contribution in [1.82, 2.24) is 20.4 Å². The fourth-order valence-electron chi connectivity index (χ4n) is 5.59. The van der Waals surface area contributed by atoms with Crippen LogP contribution in [0.2, 0.25) is 0 Å². The van der Waals surface area contributed by atoms with Crippen LogP contribution in [0.4, 0.5) is 4.79 Å². The van der Waals surface area contributed by atoms with E-state index in [0.717, 1.165) is 50.0 Å². The number of piperidine rings is 1. The average molecular weight is 449 g/mol. The Morgan fingerprint density at radius 2 is 1.78 bits per heavy atom. The number of carbonyl (C=O) groups is 3. The molecule has 3 fully saturated rings. The Labute approximate surface area is 194 Å². The lowest BCUT2D eigenvalue weighted by Crippen LogP contribution is -2.51. The number of nitrogens with one attached hydrogen (secondary N) is 2. The third-order valence-corrected chi connectivity index (χ3v) is 8.33. The average Bonchev–Trinajstić information content (AvgIpc) is 3.01. The number of hydrogen-bond donors (Lipinski definition) is 2. The fraction of sp³-hybridized carbons (Fsp3) is 0.880. The molecule has 1 aliphatic carbocycles. The zero-order valence-electron chi connectivity index (χ0n) is 20.5. The number of likely N-dealkylation sites (tertiary alicyclic amines) is 1. The van der Waals surface area contributed by atoms with Crippen LogP contribution < -0.4 is 10.6 Å². The van der Waals surface area contributed by atoms with Crippen molar-refractivity contribution in [3.8, 4) is 0 Å². The lowest BCUT2D eigenvalue weighted by molar-refractivity contribution is -0.136. The largest absolute Gasteiger partial charge is 0.355 e. The number of urea groups is 1. The third kappa shape index (κ3) is 6.03. The zero-order chi connectivity index (χ0) is 23.2. The summed E-state index contributed by atoms with van der Waals surface area (Å²) in [6, 6.07) is -0.417. The summed E-state index contributed by atoms with van der Waals surface area (Å²) in [7, 11) is 0. The monoisotopic (exact) mass is 448 g/mol. The van der Waals surface area contributed by atoms with Gasteiger partial charge >= 0.3 is 6.03 Å². The van der Waals surface area contributed by atoms with E-state index in [2.05, 4.69) is 36.3 Å². The van der Waals surface area contributed by atoms with E-state index in [1.165, 1.54) is 32.4 Å². The van der Waals surface area contributed by atoms with Crippen molar-refractivity contribution in [2.24, 2.45) is 11.3 Å². The Morgan fingerprint density at radius 3 is 2.44 bits per heavy atom. The van der Waals surface area contributed by atoms with Gasteiger partial charge in [-0.3, -0.25) is 14.5 Å². The molecule has 0 unspecified atom stereocenters. The summed E-state index contributed by atoms with van der Waals surface area (Å²) in [5.41, 5.74) is -0.549. The van der Waals surface area contributed by atoms with E-state index >= 15 is 0 Å². The van der Waals surface area contributed by atoms with Crippen LogP contribution in [0, 0.1) is 11.3 Å². The Balaban J connectivity index is 1.36. The van der Waals surface area contributed by atoms with Gasteiger partial charge in [0.05, 0.1) is 0 Å². The third-order valence-electron chi connectivity index (χ3n) is 8.33. The first-order valence-electron chi connectivity index (χ1n) is 12.9. The summed E-state index contributed by atoms with van der Waals surface area (Å²) in [4.78, 5) is 41.6. The van der Waals surface area contributed by atoms with Gasteiger partial charge in [-0.1, -0.05) is 40.0 Å². The minimum atomic E-state index is -0.799. The van der Waals surface area contributed by atoms with Gasteiger partial charge in [0, 0.05) is 6.54 Å². The van der Waals surface area contributed by atoms with Gasteiger partial charge in [-0.15, -0.1) is 0 Å². The second-order valence-electron chi connectivity index (χ2n) is 10.8. The van der Waals surface area contributed by atoms with Crippen LogP contribution in [0.5, 0.6) is 0 Å². The summed E-state index contributed by atoms with van der Waals surface area (Å²) in [6.45, 7) is 10.8. The van der Waals surface area contributed by atoms with Gasteiger partial charge in [0.25, 0.3) is 5.91 Å². The van der Waals surface area contributed by atoms with E-state index in [1.54, 1.807) is 0 Å². The number of imide groups is 1.